The van der Waals surface area contributed by atoms with Crippen LogP contribution in [0.5, 0.6) is 0 Å². The third kappa shape index (κ3) is 3.58. The number of rotatable bonds is 5. The van der Waals surface area contributed by atoms with Crippen LogP contribution >= 0.6 is 0 Å². The summed E-state index contributed by atoms with van der Waals surface area (Å²) in [6.07, 6.45) is 0. The zero-order valence-electron chi connectivity index (χ0n) is 15.0. The molecule has 0 fully saturated rings. The number of carbonyl (C=O) groups is 2. The van der Waals surface area contributed by atoms with E-state index in [1.807, 2.05) is 0 Å². The molecule has 1 atom stereocenters. The van der Waals surface area contributed by atoms with Crippen LogP contribution in [0.2, 0.25) is 0 Å². The first-order valence-electron chi connectivity index (χ1n) is 8.00. The first kappa shape index (κ1) is 19.2. The molecule has 8 nitrogen and oxygen atoms in total. The van der Waals surface area contributed by atoms with Gasteiger partial charge < -0.3 is 14.8 Å². The minimum absolute atomic E-state index is 0.0820. The Labute approximate surface area is 150 Å². The Morgan fingerprint density at radius 2 is 1.65 bits per heavy atom. The molecule has 2 rings (SSSR count). The van der Waals surface area contributed by atoms with Gasteiger partial charge in [0.1, 0.15) is 0 Å². The second-order valence-electron chi connectivity index (χ2n) is 5.70. The number of hydrogen-bond acceptors (Lipinski definition) is 7. The van der Waals surface area contributed by atoms with Crippen LogP contribution in [0.3, 0.4) is 0 Å². The summed E-state index contributed by atoms with van der Waals surface area (Å²) >= 11 is 0. The first-order chi connectivity index (χ1) is 12.3. The molecule has 1 aliphatic rings. The summed E-state index contributed by atoms with van der Waals surface area (Å²) in [5.41, 5.74) is 2.10. The Hall–Kier alpha value is -3.16. The molecule has 0 aliphatic carbocycles. The average Bonchev–Trinajstić information content (AvgIpc) is 2.60. The number of methoxy groups -OCH3 is 1. The number of allylic oxidation sites excluding steroid dienone is 2. The molecular formula is C18H20N2O6. The van der Waals surface area contributed by atoms with E-state index in [-0.39, 0.29) is 23.4 Å². The lowest BCUT2D eigenvalue weighted by Crippen LogP contribution is -2.32. The Kier molecular flexibility index (Phi) is 5.76. The summed E-state index contributed by atoms with van der Waals surface area (Å²) in [6, 6.07) is 5.72. The maximum Gasteiger partial charge on any atom is 0.336 e. The summed E-state index contributed by atoms with van der Waals surface area (Å²) < 4.78 is 10.0. The van der Waals surface area contributed by atoms with Crippen LogP contribution in [0.4, 0.5) is 5.69 Å². The van der Waals surface area contributed by atoms with Crippen molar-refractivity contribution in [1.29, 1.82) is 0 Å². The standard InChI is InChI=1S/C18H20N2O6/c1-5-26-18(22)15-11(3)19-10(2)14(17(21)25-4)16(15)12-6-8-13(9-7-12)20(23)24/h6-9,16,19H,5H2,1-4H3/t16-/m0/s1. The molecule has 8 heteroatoms. The van der Waals surface area contributed by atoms with Crippen molar-refractivity contribution >= 4 is 17.6 Å². The SMILES string of the molecule is CCOC(=O)C1=C(C)NC(C)=C(C(=O)OC)[C@@H]1c1ccc([N+](=O)[O-])cc1. The summed E-state index contributed by atoms with van der Waals surface area (Å²) in [6.45, 7) is 5.28. The highest BCUT2D eigenvalue weighted by atomic mass is 16.6. The number of nitro benzene ring substituents is 1. The summed E-state index contributed by atoms with van der Waals surface area (Å²) in [4.78, 5) is 35.3. The highest BCUT2D eigenvalue weighted by Gasteiger charge is 2.37. The number of carbonyl (C=O) groups excluding carboxylic acids is 2. The van der Waals surface area contributed by atoms with Crippen molar-refractivity contribution in [3.8, 4) is 0 Å². The largest absolute Gasteiger partial charge is 0.466 e. The lowest BCUT2D eigenvalue weighted by molar-refractivity contribution is -0.384. The Morgan fingerprint density at radius 3 is 2.12 bits per heavy atom. The smallest absolute Gasteiger partial charge is 0.336 e. The summed E-state index contributed by atoms with van der Waals surface area (Å²) in [5, 5.41) is 13.9. The van der Waals surface area contributed by atoms with Crippen LogP contribution in [-0.4, -0.2) is 30.6 Å². The van der Waals surface area contributed by atoms with Gasteiger partial charge in [-0.15, -0.1) is 0 Å². The second-order valence-corrected chi connectivity index (χ2v) is 5.70. The second kappa shape index (κ2) is 7.81. The third-order valence-electron chi connectivity index (χ3n) is 4.10. The number of ether oxygens (including phenoxy) is 2. The minimum Gasteiger partial charge on any atom is -0.466 e. The van der Waals surface area contributed by atoms with Crippen LogP contribution in [0.1, 0.15) is 32.3 Å². The first-order valence-corrected chi connectivity index (χ1v) is 8.00. The molecule has 1 N–H and O–H groups in total. The van der Waals surface area contributed by atoms with Crippen molar-refractivity contribution in [2.45, 2.75) is 26.7 Å². The maximum absolute atomic E-state index is 12.5. The number of non-ortho nitro benzene ring substituents is 1. The van der Waals surface area contributed by atoms with Crippen LogP contribution in [0, 0.1) is 10.1 Å². The fourth-order valence-electron chi connectivity index (χ4n) is 2.98. The fraction of sp³-hybridized carbons (Fsp3) is 0.333. The van der Waals surface area contributed by atoms with Gasteiger partial charge in [0.2, 0.25) is 0 Å². The number of nitrogens with one attached hydrogen (secondary N) is 1. The van der Waals surface area contributed by atoms with Gasteiger partial charge in [0, 0.05) is 23.5 Å². The molecule has 1 heterocycles. The number of nitro groups is 1. The average molecular weight is 360 g/mol. The van der Waals surface area contributed by atoms with E-state index in [1.165, 1.54) is 31.4 Å². The van der Waals surface area contributed by atoms with Gasteiger partial charge in [0.25, 0.3) is 5.69 Å². The zero-order chi connectivity index (χ0) is 19.4. The monoisotopic (exact) mass is 360 g/mol. The minimum atomic E-state index is -0.747. The Bertz CT molecular complexity index is 807. The van der Waals surface area contributed by atoms with Gasteiger partial charge in [-0.2, -0.15) is 0 Å². The maximum atomic E-state index is 12.5. The van der Waals surface area contributed by atoms with E-state index in [2.05, 4.69) is 5.32 Å². The summed E-state index contributed by atoms with van der Waals surface area (Å²) in [7, 11) is 1.25. The Balaban J connectivity index is 2.63. The number of nitrogens with zero attached hydrogens (tertiary/aromatic N) is 1. The lowest BCUT2D eigenvalue weighted by Gasteiger charge is -2.30. The molecule has 26 heavy (non-hydrogen) atoms. The fourth-order valence-corrected chi connectivity index (χ4v) is 2.98. The highest BCUT2D eigenvalue weighted by Crippen LogP contribution is 2.39. The molecule has 1 aromatic carbocycles. The van der Waals surface area contributed by atoms with E-state index in [0.717, 1.165) is 0 Å². The van der Waals surface area contributed by atoms with E-state index < -0.39 is 22.8 Å². The van der Waals surface area contributed by atoms with E-state index in [0.29, 0.717) is 17.0 Å². The van der Waals surface area contributed by atoms with E-state index in [1.54, 1.807) is 20.8 Å². The van der Waals surface area contributed by atoms with Gasteiger partial charge in [0.15, 0.2) is 0 Å². The number of esters is 2. The van der Waals surface area contributed by atoms with Crippen molar-refractivity contribution in [2.75, 3.05) is 13.7 Å². The molecule has 0 radical (unpaired) electrons. The van der Waals surface area contributed by atoms with E-state index >= 15 is 0 Å². The molecule has 0 aromatic heterocycles. The van der Waals surface area contributed by atoms with Gasteiger partial charge in [-0.1, -0.05) is 12.1 Å². The van der Waals surface area contributed by atoms with Crippen molar-refractivity contribution in [3.63, 3.8) is 0 Å². The molecule has 0 bridgehead atoms. The zero-order valence-corrected chi connectivity index (χ0v) is 15.0. The highest BCUT2D eigenvalue weighted by molar-refractivity contribution is 5.99. The van der Waals surface area contributed by atoms with Crippen molar-refractivity contribution in [1.82, 2.24) is 5.32 Å². The van der Waals surface area contributed by atoms with Gasteiger partial charge >= 0.3 is 11.9 Å². The predicted octanol–water partition coefficient (Wildman–Crippen LogP) is 2.57. The Morgan fingerprint density at radius 1 is 1.12 bits per heavy atom. The van der Waals surface area contributed by atoms with E-state index in [4.69, 9.17) is 9.47 Å². The summed E-state index contributed by atoms with van der Waals surface area (Å²) in [5.74, 6) is -1.90. The van der Waals surface area contributed by atoms with Crippen molar-refractivity contribution < 1.29 is 24.0 Å². The lowest BCUT2D eigenvalue weighted by atomic mass is 9.80. The van der Waals surface area contributed by atoms with Crippen LogP contribution in [0.25, 0.3) is 0 Å². The molecular weight excluding hydrogens is 340 g/mol. The van der Waals surface area contributed by atoms with Gasteiger partial charge in [-0.05, 0) is 26.3 Å². The molecule has 138 valence electrons. The molecule has 0 saturated heterocycles. The van der Waals surface area contributed by atoms with Crippen LogP contribution < -0.4 is 5.32 Å². The third-order valence-corrected chi connectivity index (χ3v) is 4.10. The molecule has 0 spiro atoms. The van der Waals surface area contributed by atoms with Gasteiger partial charge in [0.05, 0.1) is 35.7 Å². The predicted molar refractivity (Wildman–Crippen MR) is 93.0 cm³/mol. The normalized spacial score (nSPS) is 16.8. The number of benzene rings is 1. The molecule has 0 unspecified atom stereocenters. The molecule has 1 aromatic rings. The molecule has 0 amide bonds. The van der Waals surface area contributed by atoms with Crippen LogP contribution in [0.15, 0.2) is 46.8 Å². The van der Waals surface area contributed by atoms with Crippen molar-refractivity contribution in [3.05, 3.63) is 62.5 Å². The van der Waals surface area contributed by atoms with Gasteiger partial charge in [-0.3, -0.25) is 10.1 Å². The van der Waals surface area contributed by atoms with Crippen LogP contribution in [-0.2, 0) is 19.1 Å². The quantitative estimate of drug-likeness (QED) is 0.488. The number of dihydropyridines is 1. The van der Waals surface area contributed by atoms with E-state index in [9.17, 15) is 19.7 Å². The van der Waals surface area contributed by atoms with Gasteiger partial charge in [-0.25, -0.2) is 9.59 Å². The number of hydrogen-bond donors (Lipinski definition) is 1. The van der Waals surface area contributed by atoms with Crippen molar-refractivity contribution in [2.24, 2.45) is 0 Å². The topological polar surface area (TPSA) is 108 Å². The molecule has 0 saturated carbocycles. The molecule has 1 aliphatic heterocycles.